The molecule has 1 aliphatic rings. The largest absolute Gasteiger partial charge is 0.480 e. The summed E-state index contributed by atoms with van der Waals surface area (Å²) in [6, 6.07) is 8.29. The molecule has 0 bridgehead atoms. The normalized spacial score (nSPS) is 15.3. The Hall–Kier alpha value is -1.55. The highest BCUT2D eigenvalue weighted by Gasteiger charge is 2.16. The smallest absolute Gasteiger partial charge is 0.317 e. The SMILES string of the molecule is CN(CC(=O)O)Cc1ccccc1N1CCCC1. The summed E-state index contributed by atoms with van der Waals surface area (Å²) in [7, 11) is 1.84. The van der Waals surface area contributed by atoms with E-state index < -0.39 is 5.97 Å². The van der Waals surface area contributed by atoms with Gasteiger partial charge in [0.25, 0.3) is 0 Å². The van der Waals surface area contributed by atoms with Crippen molar-refractivity contribution in [3.8, 4) is 0 Å². The van der Waals surface area contributed by atoms with Crippen LogP contribution in [0.1, 0.15) is 18.4 Å². The number of hydrogen-bond acceptors (Lipinski definition) is 3. The molecule has 4 heteroatoms. The van der Waals surface area contributed by atoms with Gasteiger partial charge in [0.05, 0.1) is 6.54 Å². The van der Waals surface area contributed by atoms with Crippen LogP contribution >= 0.6 is 0 Å². The highest BCUT2D eigenvalue weighted by molar-refractivity contribution is 5.69. The van der Waals surface area contributed by atoms with Crippen molar-refractivity contribution in [3.63, 3.8) is 0 Å². The van der Waals surface area contributed by atoms with Crippen molar-refractivity contribution >= 4 is 11.7 Å². The molecule has 1 fully saturated rings. The number of anilines is 1. The molecule has 1 heterocycles. The summed E-state index contributed by atoms with van der Waals surface area (Å²) in [5.41, 5.74) is 2.47. The van der Waals surface area contributed by atoms with Crippen molar-refractivity contribution in [1.29, 1.82) is 0 Å². The van der Waals surface area contributed by atoms with Crippen LogP contribution in [0.5, 0.6) is 0 Å². The lowest BCUT2D eigenvalue weighted by molar-refractivity contribution is -0.138. The highest BCUT2D eigenvalue weighted by Crippen LogP contribution is 2.25. The average molecular weight is 248 g/mol. The van der Waals surface area contributed by atoms with Crippen LogP contribution in [0.2, 0.25) is 0 Å². The maximum atomic E-state index is 10.7. The molecule has 1 aromatic rings. The number of rotatable bonds is 5. The Balaban J connectivity index is 2.09. The van der Waals surface area contributed by atoms with E-state index in [0.29, 0.717) is 6.54 Å². The Morgan fingerprint density at radius 1 is 1.33 bits per heavy atom. The fourth-order valence-electron chi connectivity index (χ4n) is 2.49. The molecule has 98 valence electrons. The molecule has 0 amide bonds. The van der Waals surface area contributed by atoms with Gasteiger partial charge in [-0.1, -0.05) is 18.2 Å². The second-order valence-corrected chi connectivity index (χ2v) is 4.89. The van der Waals surface area contributed by atoms with Crippen LogP contribution in [0.15, 0.2) is 24.3 Å². The van der Waals surface area contributed by atoms with Gasteiger partial charge in [0.15, 0.2) is 0 Å². The zero-order valence-corrected chi connectivity index (χ0v) is 10.8. The van der Waals surface area contributed by atoms with E-state index in [0.717, 1.165) is 13.1 Å². The summed E-state index contributed by atoms with van der Waals surface area (Å²) in [5.74, 6) is -0.781. The quantitative estimate of drug-likeness (QED) is 0.863. The summed E-state index contributed by atoms with van der Waals surface area (Å²) >= 11 is 0. The van der Waals surface area contributed by atoms with E-state index in [1.807, 2.05) is 24.1 Å². The third-order valence-corrected chi connectivity index (χ3v) is 3.28. The van der Waals surface area contributed by atoms with Gasteiger partial charge in [-0.05, 0) is 31.5 Å². The molecule has 1 aliphatic heterocycles. The van der Waals surface area contributed by atoms with Gasteiger partial charge in [-0.25, -0.2) is 0 Å². The van der Waals surface area contributed by atoms with Crippen LogP contribution in [0, 0.1) is 0 Å². The first-order valence-electron chi connectivity index (χ1n) is 6.40. The molecule has 0 unspecified atom stereocenters. The van der Waals surface area contributed by atoms with Gasteiger partial charge in [0.1, 0.15) is 0 Å². The number of carbonyl (C=O) groups is 1. The van der Waals surface area contributed by atoms with Crippen LogP contribution in [-0.2, 0) is 11.3 Å². The van der Waals surface area contributed by atoms with Gasteiger partial charge in [0, 0.05) is 25.3 Å². The topological polar surface area (TPSA) is 43.8 Å². The molecule has 0 atom stereocenters. The maximum Gasteiger partial charge on any atom is 0.317 e. The molecule has 0 saturated carbocycles. The van der Waals surface area contributed by atoms with E-state index in [9.17, 15) is 4.79 Å². The summed E-state index contributed by atoms with van der Waals surface area (Å²) in [6.07, 6.45) is 2.50. The van der Waals surface area contributed by atoms with Gasteiger partial charge < -0.3 is 10.0 Å². The highest BCUT2D eigenvalue weighted by atomic mass is 16.4. The minimum Gasteiger partial charge on any atom is -0.480 e. The third kappa shape index (κ3) is 3.23. The number of aliphatic carboxylic acids is 1. The van der Waals surface area contributed by atoms with Gasteiger partial charge in [-0.3, -0.25) is 9.69 Å². The molecule has 1 N–H and O–H groups in total. The van der Waals surface area contributed by atoms with E-state index in [4.69, 9.17) is 5.11 Å². The minimum absolute atomic E-state index is 0.0777. The molecule has 1 aromatic carbocycles. The lowest BCUT2D eigenvalue weighted by atomic mass is 10.1. The fourth-order valence-corrected chi connectivity index (χ4v) is 2.49. The number of likely N-dealkylation sites (N-methyl/N-ethyl adjacent to an activating group) is 1. The standard InChI is InChI=1S/C14H20N2O2/c1-15(11-14(17)18)10-12-6-2-3-7-13(12)16-8-4-5-9-16/h2-3,6-7H,4-5,8-11H2,1H3,(H,17,18). The summed E-state index contributed by atoms with van der Waals surface area (Å²) < 4.78 is 0. The van der Waals surface area contributed by atoms with Crippen molar-refractivity contribution in [3.05, 3.63) is 29.8 Å². The number of para-hydroxylation sites is 1. The van der Waals surface area contributed by atoms with Crippen LogP contribution in [0.3, 0.4) is 0 Å². The molecule has 1 saturated heterocycles. The van der Waals surface area contributed by atoms with Crippen LogP contribution in [-0.4, -0.2) is 42.7 Å². The first kappa shape index (κ1) is 12.9. The van der Waals surface area contributed by atoms with Crippen molar-refractivity contribution in [2.24, 2.45) is 0 Å². The Kier molecular flexibility index (Phi) is 4.20. The first-order chi connectivity index (χ1) is 8.66. The van der Waals surface area contributed by atoms with Crippen LogP contribution < -0.4 is 4.90 Å². The molecule has 0 spiro atoms. The van der Waals surface area contributed by atoms with Gasteiger partial charge in [-0.2, -0.15) is 0 Å². The number of benzene rings is 1. The van der Waals surface area contributed by atoms with Crippen molar-refractivity contribution in [1.82, 2.24) is 4.90 Å². The molecule has 0 radical (unpaired) electrons. The Labute approximate surface area is 108 Å². The zero-order chi connectivity index (χ0) is 13.0. The second-order valence-electron chi connectivity index (χ2n) is 4.89. The third-order valence-electron chi connectivity index (χ3n) is 3.28. The van der Waals surface area contributed by atoms with Crippen LogP contribution in [0.25, 0.3) is 0 Å². The summed E-state index contributed by atoms with van der Waals surface area (Å²) in [5, 5.41) is 8.79. The molecule has 2 rings (SSSR count). The maximum absolute atomic E-state index is 10.7. The first-order valence-corrected chi connectivity index (χ1v) is 6.40. The Bertz CT molecular complexity index is 414. The predicted molar refractivity (Wildman–Crippen MR) is 71.9 cm³/mol. The fraction of sp³-hybridized carbons (Fsp3) is 0.500. The van der Waals surface area contributed by atoms with E-state index in [-0.39, 0.29) is 6.54 Å². The minimum atomic E-state index is -0.781. The van der Waals surface area contributed by atoms with Crippen LogP contribution in [0.4, 0.5) is 5.69 Å². The van der Waals surface area contributed by atoms with Crippen molar-refractivity contribution in [2.75, 3.05) is 31.6 Å². The molecule has 0 aromatic heterocycles. The molecule has 0 aliphatic carbocycles. The van der Waals surface area contributed by atoms with Gasteiger partial charge in [0.2, 0.25) is 0 Å². The van der Waals surface area contributed by atoms with Gasteiger partial charge in [-0.15, -0.1) is 0 Å². The molecule has 18 heavy (non-hydrogen) atoms. The van der Waals surface area contributed by atoms with Crippen molar-refractivity contribution in [2.45, 2.75) is 19.4 Å². The van der Waals surface area contributed by atoms with E-state index in [1.165, 1.54) is 24.1 Å². The molecule has 4 nitrogen and oxygen atoms in total. The van der Waals surface area contributed by atoms with E-state index >= 15 is 0 Å². The number of nitrogens with zero attached hydrogens (tertiary/aromatic N) is 2. The molecular weight excluding hydrogens is 228 g/mol. The number of hydrogen-bond donors (Lipinski definition) is 1. The summed E-state index contributed by atoms with van der Waals surface area (Å²) in [4.78, 5) is 14.9. The Morgan fingerprint density at radius 3 is 2.67 bits per heavy atom. The lowest BCUT2D eigenvalue weighted by Crippen LogP contribution is -2.27. The monoisotopic (exact) mass is 248 g/mol. The summed E-state index contributed by atoms with van der Waals surface area (Å²) in [6.45, 7) is 2.98. The molecular formula is C14H20N2O2. The van der Waals surface area contributed by atoms with Gasteiger partial charge >= 0.3 is 5.97 Å². The Morgan fingerprint density at radius 2 is 2.00 bits per heavy atom. The number of carboxylic acids is 1. The lowest BCUT2D eigenvalue weighted by Gasteiger charge is -2.23. The number of carboxylic acid groups (broad SMARTS) is 1. The zero-order valence-electron chi connectivity index (χ0n) is 10.8. The van der Waals surface area contributed by atoms with Crippen molar-refractivity contribution < 1.29 is 9.90 Å². The average Bonchev–Trinajstić information content (AvgIpc) is 2.81. The van der Waals surface area contributed by atoms with E-state index in [1.54, 1.807) is 0 Å². The predicted octanol–water partition coefficient (Wildman–Crippen LogP) is 1.80. The van der Waals surface area contributed by atoms with E-state index in [2.05, 4.69) is 17.0 Å². The second kappa shape index (κ2) is 5.87.